The molecule has 1 aromatic heterocycles. The second kappa shape index (κ2) is 8.78. The highest BCUT2D eigenvalue weighted by atomic mass is 79.9. The standard InChI is InChI=1S/C20H17BrN2O2S/c1-14(20(24)23-22-13-18-11-12-19(21)26-18)25-17-9-7-16(8-10-17)15-5-3-2-4-6-15/h2-14H,1H3,(H,23,24)/b22-13-/t14-/m1/s1. The van der Waals surface area contributed by atoms with Gasteiger partial charge in [-0.1, -0.05) is 42.5 Å². The van der Waals surface area contributed by atoms with Crippen molar-refractivity contribution in [3.05, 3.63) is 75.4 Å². The number of nitrogens with zero attached hydrogens (tertiary/aromatic N) is 1. The molecule has 0 saturated heterocycles. The Morgan fingerprint density at radius 1 is 1.08 bits per heavy atom. The minimum Gasteiger partial charge on any atom is -0.481 e. The van der Waals surface area contributed by atoms with Gasteiger partial charge in [0.15, 0.2) is 6.10 Å². The third-order valence-corrected chi connectivity index (χ3v) is 5.16. The topological polar surface area (TPSA) is 50.7 Å². The van der Waals surface area contributed by atoms with Gasteiger partial charge in [-0.3, -0.25) is 4.79 Å². The van der Waals surface area contributed by atoms with Crippen LogP contribution in [0.4, 0.5) is 0 Å². The SMILES string of the molecule is C[C@@H](Oc1ccc(-c2ccccc2)cc1)C(=O)N/N=C\c1ccc(Br)s1. The Bertz CT molecular complexity index is 892. The van der Waals surface area contributed by atoms with E-state index in [1.807, 2.05) is 54.6 Å². The summed E-state index contributed by atoms with van der Waals surface area (Å²) in [5.41, 5.74) is 4.73. The van der Waals surface area contributed by atoms with E-state index in [1.54, 1.807) is 13.1 Å². The molecule has 0 aliphatic carbocycles. The molecule has 0 bridgehead atoms. The van der Waals surface area contributed by atoms with Gasteiger partial charge in [-0.25, -0.2) is 5.43 Å². The number of hydrazone groups is 1. The average molecular weight is 429 g/mol. The van der Waals surface area contributed by atoms with Gasteiger partial charge in [0.2, 0.25) is 0 Å². The van der Waals surface area contributed by atoms with Gasteiger partial charge in [-0.2, -0.15) is 5.10 Å². The summed E-state index contributed by atoms with van der Waals surface area (Å²) < 4.78 is 6.70. The fraction of sp³-hybridized carbons (Fsp3) is 0.100. The number of ether oxygens (including phenoxy) is 1. The zero-order valence-electron chi connectivity index (χ0n) is 14.1. The number of benzene rings is 2. The predicted molar refractivity (Wildman–Crippen MR) is 110 cm³/mol. The molecule has 0 aliphatic rings. The Labute approximate surface area is 164 Å². The van der Waals surface area contributed by atoms with Crippen molar-refractivity contribution < 1.29 is 9.53 Å². The summed E-state index contributed by atoms with van der Waals surface area (Å²) in [5, 5.41) is 3.96. The molecule has 3 aromatic rings. The van der Waals surface area contributed by atoms with Crippen LogP contribution in [-0.2, 0) is 4.79 Å². The van der Waals surface area contributed by atoms with Crippen molar-refractivity contribution in [2.45, 2.75) is 13.0 Å². The van der Waals surface area contributed by atoms with E-state index in [9.17, 15) is 4.79 Å². The van der Waals surface area contributed by atoms with Crippen LogP contribution in [0.3, 0.4) is 0 Å². The van der Waals surface area contributed by atoms with Crippen molar-refractivity contribution in [1.29, 1.82) is 0 Å². The number of carbonyl (C=O) groups is 1. The van der Waals surface area contributed by atoms with Gasteiger partial charge in [0.25, 0.3) is 5.91 Å². The summed E-state index contributed by atoms with van der Waals surface area (Å²) in [6, 6.07) is 21.6. The number of rotatable bonds is 6. The molecule has 6 heteroatoms. The first-order valence-electron chi connectivity index (χ1n) is 8.02. The predicted octanol–water partition coefficient (Wildman–Crippen LogP) is 5.10. The molecule has 4 nitrogen and oxygen atoms in total. The van der Waals surface area contributed by atoms with E-state index in [0.717, 1.165) is 19.8 Å². The van der Waals surface area contributed by atoms with Crippen molar-refractivity contribution in [3.8, 4) is 16.9 Å². The first kappa shape index (κ1) is 18.4. The van der Waals surface area contributed by atoms with Crippen LogP contribution < -0.4 is 10.2 Å². The zero-order valence-corrected chi connectivity index (χ0v) is 16.5. The smallest absolute Gasteiger partial charge is 0.280 e. The first-order valence-corrected chi connectivity index (χ1v) is 9.63. The molecule has 1 amide bonds. The van der Waals surface area contributed by atoms with Crippen molar-refractivity contribution >= 4 is 39.4 Å². The lowest BCUT2D eigenvalue weighted by Crippen LogP contribution is -2.33. The molecule has 0 spiro atoms. The molecule has 0 saturated carbocycles. The van der Waals surface area contributed by atoms with E-state index in [2.05, 4.69) is 38.6 Å². The molecule has 1 atom stereocenters. The Morgan fingerprint density at radius 3 is 2.42 bits per heavy atom. The maximum atomic E-state index is 12.1. The van der Waals surface area contributed by atoms with Crippen molar-refractivity contribution in [2.75, 3.05) is 0 Å². The van der Waals surface area contributed by atoms with Crippen LogP contribution in [0.2, 0.25) is 0 Å². The molecule has 0 aliphatic heterocycles. The third kappa shape index (κ3) is 5.03. The molecule has 0 unspecified atom stereocenters. The van der Waals surface area contributed by atoms with Crippen LogP contribution in [0.15, 0.2) is 75.6 Å². The quantitative estimate of drug-likeness (QED) is 0.438. The Balaban J connectivity index is 1.54. The van der Waals surface area contributed by atoms with Crippen LogP contribution in [0.1, 0.15) is 11.8 Å². The number of hydrogen-bond acceptors (Lipinski definition) is 4. The summed E-state index contributed by atoms with van der Waals surface area (Å²) in [6.45, 7) is 1.69. The Morgan fingerprint density at radius 2 is 1.77 bits per heavy atom. The maximum Gasteiger partial charge on any atom is 0.280 e. The molecule has 2 aromatic carbocycles. The van der Waals surface area contributed by atoms with Crippen LogP contribution in [0.25, 0.3) is 11.1 Å². The highest BCUT2D eigenvalue weighted by Crippen LogP contribution is 2.23. The van der Waals surface area contributed by atoms with Crippen LogP contribution in [0, 0.1) is 0 Å². The van der Waals surface area contributed by atoms with Gasteiger partial charge < -0.3 is 4.74 Å². The van der Waals surface area contributed by atoms with Crippen LogP contribution in [-0.4, -0.2) is 18.2 Å². The van der Waals surface area contributed by atoms with E-state index in [-0.39, 0.29) is 5.91 Å². The number of hydrogen-bond donors (Lipinski definition) is 1. The summed E-state index contributed by atoms with van der Waals surface area (Å²) in [5.74, 6) is 0.336. The van der Waals surface area contributed by atoms with Gasteiger partial charge in [0.1, 0.15) is 5.75 Å². The highest BCUT2D eigenvalue weighted by Gasteiger charge is 2.14. The summed E-state index contributed by atoms with van der Waals surface area (Å²) in [6.07, 6.45) is 0.958. The molecule has 0 radical (unpaired) electrons. The number of thiophene rings is 1. The molecule has 1 N–H and O–H groups in total. The third-order valence-electron chi connectivity index (χ3n) is 3.60. The Hall–Kier alpha value is -2.44. The minimum absolute atomic E-state index is 0.302. The highest BCUT2D eigenvalue weighted by molar-refractivity contribution is 9.11. The molecule has 132 valence electrons. The zero-order chi connectivity index (χ0) is 18.4. The number of amides is 1. The number of carbonyl (C=O) groups excluding carboxylic acids is 1. The second-order valence-electron chi connectivity index (χ2n) is 5.53. The Kier molecular flexibility index (Phi) is 6.20. The van der Waals surface area contributed by atoms with Gasteiger partial charge in [0, 0.05) is 4.88 Å². The van der Waals surface area contributed by atoms with E-state index in [0.29, 0.717) is 5.75 Å². The molecule has 3 rings (SSSR count). The normalized spacial score (nSPS) is 12.1. The first-order chi connectivity index (χ1) is 12.6. The van der Waals surface area contributed by atoms with E-state index < -0.39 is 6.10 Å². The fourth-order valence-corrected chi connectivity index (χ4v) is 3.56. The number of halogens is 1. The van der Waals surface area contributed by atoms with Gasteiger partial charge in [-0.15, -0.1) is 11.3 Å². The molecular weight excluding hydrogens is 412 g/mol. The minimum atomic E-state index is -0.648. The van der Waals surface area contributed by atoms with Gasteiger partial charge in [0.05, 0.1) is 10.0 Å². The van der Waals surface area contributed by atoms with Crippen molar-refractivity contribution in [3.63, 3.8) is 0 Å². The molecule has 26 heavy (non-hydrogen) atoms. The summed E-state index contributed by atoms with van der Waals surface area (Å²) >= 11 is 4.92. The molecular formula is C20H17BrN2O2S. The lowest BCUT2D eigenvalue weighted by molar-refractivity contribution is -0.127. The number of nitrogens with one attached hydrogen (secondary N) is 1. The van der Waals surface area contributed by atoms with E-state index in [1.165, 1.54) is 11.3 Å². The fourth-order valence-electron chi connectivity index (χ4n) is 2.26. The van der Waals surface area contributed by atoms with Gasteiger partial charge >= 0.3 is 0 Å². The lowest BCUT2D eigenvalue weighted by atomic mass is 10.1. The van der Waals surface area contributed by atoms with Gasteiger partial charge in [-0.05, 0) is 58.2 Å². The maximum absolute atomic E-state index is 12.1. The summed E-state index contributed by atoms with van der Waals surface area (Å²) in [7, 11) is 0. The van der Waals surface area contributed by atoms with Crippen LogP contribution >= 0.6 is 27.3 Å². The molecule has 1 heterocycles. The van der Waals surface area contributed by atoms with E-state index in [4.69, 9.17) is 4.74 Å². The van der Waals surface area contributed by atoms with E-state index >= 15 is 0 Å². The monoisotopic (exact) mass is 428 g/mol. The van der Waals surface area contributed by atoms with Crippen molar-refractivity contribution in [2.24, 2.45) is 5.10 Å². The largest absolute Gasteiger partial charge is 0.481 e. The van der Waals surface area contributed by atoms with Crippen LogP contribution in [0.5, 0.6) is 5.75 Å². The lowest BCUT2D eigenvalue weighted by Gasteiger charge is -2.13. The average Bonchev–Trinajstić information content (AvgIpc) is 3.08. The second-order valence-corrected chi connectivity index (χ2v) is 8.02. The van der Waals surface area contributed by atoms with Crippen molar-refractivity contribution in [1.82, 2.24) is 5.43 Å². The molecule has 0 fully saturated rings. The summed E-state index contributed by atoms with van der Waals surface area (Å²) in [4.78, 5) is 13.0.